The summed E-state index contributed by atoms with van der Waals surface area (Å²) in [7, 11) is 0. The second-order valence-electron chi connectivity index (χ2n) is 4.52. The van der Waals surface area contributed by atoms with Crippen molar-refractivity contribution in [3.63, 3.8) is 0 Å². The average Bonchev–Trinajstić information content (AvgIpc) is 2.33. The lowest BCUT2D eigenvalue weighted by molar-refractivity contribution is 0.0848. The van der Waals surface area contributed by atoms with Crippen LogP contribution in [0, 0.1) is 11.7 Å². The Morgan fingerprint density at radius 3 is 2.56 bits per heavy atom. The van der Waals surface area contributed by atoms with Crippen molar-refractivity contribution in [2.75, 3.05) is 0 Å². The van der Waals surface area contributed by atoms with Crippen molar-refractivity contribution in [1.82, 2.24) is 0 Å². The van der Waals surface area contributed by atoms with Gasteiger partial charge in [0.15, 0.2) is 0 Å². The molecule has 2 rings (SSSR count). The van der Waals surface area contributed by atoms with Gasteiger partial charge in [-0.15, -0.1) is 0 Å². The van der Waals surface area contributed by atoms with E-state index >= 15 is 0 Å². The molecule has 0 spiro atoms. The molecule has 1 atom stereocenters. The van der Waals surface area contributed by atoms with Gasteiger partial charge in [0.1, 0.15) is 5.82 Å². The minimum absolute atomic E-state index is 0.0901. The molecule has 1 nitrogen and oxygen atoms in total. The van der Waals surface area contributed by atoms with Crippen LogP contribution in [0.1, 0.15) is 43.8 Å². The first-order valence-corrected chi connectivity index (χ1v) is 6.19. The predicted octanol–water partition coefficient (Wildman–Crippen LogP) is 4.09. The van der Waals surface area contributed by atoms with Crippen molar-refractivity contribution < 1.29 is 9.50 Å². The molecule has 16 heavy (non-hydrogen) atoms. The Bertz CT molecular complexity index is 361. The van der Waals surface area contributed by atoms with Crippen molar-refractivity contribution in [3.8, 4) is 0 Å². The van der Waals surface area contributed by atoms with Gasteiger partial charge in [0.2, 0.25) is 0 Å². The van der Waals surface area contributed by atoms with Crippen LogP contribution in [-0.4, -0.2) is 5.11 Å². The summed E-state index contributed by atoms with van der Waals surface area (Å²) in [6.07, 6.45) is 5.21. The Morgan fingerprint density at radius 2 is 1.94 bits per heavy atom. The summed E-state index contributed by atoms with van der Waals surface area (Å²) < 4.78 is 13.0. The van der Waals surface area contributed by atoms with Gasteiger partial charge in [0, 0.05) is 0 Å². The van der Waals surface area contributed by atoms with E-state index in [9.17, 15) is 9.50 Å². The van der Waals surface area contributed by atoms with Crippen LogP contribution < -0.4 is 0 Å². The Labute approximate surface area is 100 Å². The fourth-order valence-electron chi connectivity index (χ4n) is 2.42. The summed E-state index contributed by atoms with van der Waals surface area (Å²) in [5, 5.41) is 10.3. The van der Waals surface area contributed by atoms with E-state index in [0.717, 1.165) is 18.4 Å². The summed E-state index contributed by atoms with van der Waals surface area (Å²) >= 11 is 5.71. The van der Waals surface area contributed by atoms with E-state index in [1.165, 1.54) is 31.4 Å². The minimum Gasteiger partial charge on any atom is -0.388 e. The van der Waals surface area contributed by atoms with Crippen LogP contribution in [0.15, 0.2) is 18.2 Å². The molecule has 1 saturated carbocycles. The van der Waals surface area contributed by atoms with E-state index in [1.807, 2.05) is 0 Å². The van der Waals surface area contributed by atoms with E-state index in [2.05, 4.69) is 0 Å². The van der Waals surface area contributed by atoms with Crippen LogP contribution in [0.25, 0.3) is 0 Å². The Kier molecular flexibility index (Phi) is 3.82. The molecule has 0 aromatic heterocycles. The number of rotatable bonds is 2. The molecule has 1 aliphatic carbocycles. The highest BCUT2D eigenvalue weighted by atomic mass is 35.5. The van der Waals surface area contributed by atoms with Crippen LogP contribution in [0.5, 0.6) is 0 Å². The predicted molar refractivity (Wildman–Crippen MR) is 62.9 cm³/mol. The molecule has 1 aromatic rings. The van der Waals surface area contributed by atoms with Crippen molar-refractivity contribution in [1.29, 1.82) is 0 Å². The molecular weight excluding hydrogens is 227 g/mol. The summed E-state index contributed by atoms with van der Waals surface area (Å²) in [6.45, 7) is 0. The lowest BCUT2D eigenvalue weighted by atomic mass is 9.83. The molecule has 0 aliphatic heterocycles. The number of hydrogen-bond acceptors (Lipinski definition) is 1. The van der Waals surface area contributed by atoms with E-state index < -0.39 is 11.9 Å². The molecule has 0 heterocycles. The van der Waals surface area contributed by atoms with Gasteiger partial charge in [-0.1, -0.05) is 36.9 Å². The zero-order valence-corrected chi connectivity index (χ0v) is 9.88. The maximum atomic E-state index is 13.0. The zero-order valence-electron chi connectivity index (χ0n) is 9.13. The number of halogens is 2. The highest BCUT2D eigenvalue weighted by Gasteiger charge is 2.23. The van der Waals surface area contributed by atoms with Gasteiger partial charge in [-0.2, -0.15) is 0 Å². The molecule has 1 aliphatic rings. The highest BCUT2D eigenvalue weighted by Crippen LogP contribution is 2.35. The van der Waals surface area contributed by atoms with E-state index in [4.69, 9.17) is 11.6 Å². The SMILES string of the molecule is O[C@H](c1ccc(F)c(Cl)c1)C1CCCCC1. The van der Waals surface area contributed by atoms with E-state index in [0.29, 0.717) is 5.92 Å². The fraction of sp³-hybridized carbons (Fsp3) is 0.538. The second-order valence-corrected chi connectivity index (χ2v) is 4.92. The maximum Gasteiger partial charge on any atom is 0.141 e. The van der Waals surface area contributed by atoms with Crippen molar-refractivity contribution >= 4 is 11.6 Å². The first-order chi connectivity index (χ1) is 7.68. The van der Waals surface area contributed by atoms with Crippen molar-refractivity contribution in [2.45, 2.75) is 38.2 Å². The summed E-state index contributed by atoms with van der Waals surface area (Å²) in [5.41, 5.74) is 0.735. The van der Waals surface area contributed by atoms with Crippen molar-refractivity contribution in [3.05, 3.63) is 34.6 Å². The third-order valence-electron chi connectivity index (χ3n) is 3.38. The van der Waals surface area contributed by atoms with Gasteiger partial charge >= 0.3 is 0 Å². The van der Waals surface area contributed by atoms with Crippen molar-refractivity contribution in [2.24, 2.45) is 5.92 Å². The minimum atomic E-state index is -0.501. The molecule has 1 N–H and O–H groups in total. The van der Waals surface area contributed by atoms with Gasteiger partial charge in [-0.05, 0) is 36.5 Å². The molecule has 0 saturated heterocycles. The molecule has 0 unspecified atom stereocenters. The number of aliphatic hydroxyl groups excluding tert-OH is 1. The van der Waals surface area contributed by atoms with E-state index in [-0.39, 0.29) is 5.02 Å². The van der Waals surface area contributed by atoms with Gasteiger partial charge in [-0.3, -0.25) is 0 Å². The topological polar surface area (TPSA) is 20.2 Å². The quantitative estimate of drug-likeness (QED) is 0.828. The zero-order chi connectivity index (χ0) is 11.5. The lowest BCUT2D eigenvalue weighted by Crippen LogP contribution is -2.15. The van der Waals surface area contributed by atoms with Crippen LogP contribution in [0.2, 0.25) is 5.02 Å². The number of aliphatic hydroxyl groups is 1. The average molecular weight is 243 g/mol. The van der Waals surface area contributed by atoms with Gasteiger partial charge < -0.3 is 5.11 Å². The monoisotopic (exact) mass is 242 g/mol. The molecule has 0 amide bonds. The van der Waals surface area contributed by atoms with Gasteiger partial charge in [0.05, 0.1) is 11.1 Å². The first-order valence-electron chi connectivity index (χ1n) is 5.81. The number of hydrogen-bond donors (Lipinski definition) is 1. The fourth-order valence-corrected chi connectivity index (χ4v) is 2.61. The molecule has 1 aromatic carbocycles. The Balaban J connectivity index is 2.12. The molecular formula is C13H16ClFO. The third kappa shape index (κ3) is 2.55. The third-order valence-corrected chi connectivity index (χ3v) is 3.67. The van der Waals surface area contributed by atoms with Gasteiger partial charge in [-0.25, -0.2) is 4.39 Å². The Morgan fingerprint density at radius 1 is 1.25 bits per heavy atom. The standard InChI is InChI=1S/C13H16ClFO/c14-11-8-10(6-7-12(11)15)13(16)9-4-2-1-3-5-9/h6-9,13,16H,1-5H2/t13-/m0/s1. The number of benzene rings is 1. The van der Waals surface area contributed by atoms with Gasteiger partial charge in [0.25, 0.3) is 0 Å². The van der Waals surface area contributed by atoms with Crippen LogP contribution >= 0.6 is 11.6 Å². The summed E-state index contributed by atoms with van der Waals surface area (Å²) in [4.78, 5) is 0. The molecule has 3 heteroatoms. The molecule has 88 valence electrons. The van der Waals surface area contributed by atoms with Crippen LogP contribution in [0.3, 0.4) is 0 Å². The van der Waals surface area contributed by atoms with Crippen LogP contribution in [-0.2, 0) is 0 Å². The molecule has 0 radical (unpaired) electrons. The lowest BCUT2D eigenvalue weighted by Gasteiger charge is -2.26. The Hall–Kier alpha value is -0.600. The van der Waals surface area contributed by atoms with Crippen LogP contribution in [0.4, 0.5) is 4.39 Å². The second kappa shape index (κ2) is 5.15. The first kappa shape index (κ1) is 11.9. The smallest absolute Gasteiger partial charge is 0.141 e. The maximum absolute atomic E-state index is 13.0. The molecule has 1 fully saturated rings. The highest BCUT2D eigenvalue weighted by molar-refractivity contribution is 6.30. The van der Waals surface area contributed by atoms with E-state index in [1.54, 1.807) is 6.07 Å². The normalized spacial score (nSPS) is 19.7. The largest absolute Gasteiger partial charge is 0.388 e. The summed E-state index contributed by atoms with van der Waals surface area (Å²) in [6, 6.07) is 4.49. The molecule has 0 bridgehead atoms. The summed E-state index contributed by atoms with van der Waals surface area (Å²) in [5.74, 6) is -0.128.